The second kappa shape index (κ2) is 11.2. The Morgan fingerprint density at radius 2 is 0.962 bits per heavy atom. The van der Waals surface area contributed by atoms with Crippen LogP contribution in [0, 0.1) is 23.7 Å². The number of benzene rings is 8. The lowest BCUT2D eigenvalue weighted by Gasteiger charge is -2.61. The van der Waals surface area contributed by atoms with Crippen LogP contribution in [0.1, 0.15) is 43.2 Å². The van der Waals surface area contributed by atoms with Crippen LogP contribution in [0.3, 0.4) is 0 Å². The summed E-state index contributed by atoms with van der Waals surface area (Å²) in [5.74, 6) is 3.33. The number of rotatable bonds is 4. The van der Waals surface area contributed by atoms with Crippen LogP contribution in [0.4, 0.5) is 17.1 Å². The lowest BCUT2D eigenvalue weighted by molar-refractivity contribution is -0.0399. The van der Waals surface area contributed by atoms with Crippen molar-refractivity contribution in [2.24, 2.45) is 23.7 Å². The number of anilines is 3. The molecule has 4 saturated carbocycles. The van der Waals surface area contributed by atoms with Crippen molar-refractivity contribution in [3.63, 3.8) is 0 Å². The molecule has 0 aromatic heterocycles. The standard InChI is InChI=1S/C52H41N/c1-2-10-37-30-42(22-17-35(37)9-1)53(41-20-18-36(19-21-41)49-31-38-11-3-4-12-44(38)45-13-5-6-14-46(45)49)43-23-24-48-47-15-7-8-16-50(47)52(51(48)32-43)39-26-33-25-34(28-39)29-40(52)27-33/h1-24,30-34,39-40H,25-29H2. The van der Waals surface area contributed by atoms with Crippen LogP contribution >= 0.6 is 0 Å². The highest BCUT2D eigenvalue weighted by Gasteiger charge is 2.61. The van der Waals surface area contributed by atoms with Crippen molar-refractivity contribution in [2.45, 2.75) is 37.5 Å². The van der Waals surface area contributed by atoms with Gasteiger partial charge in [-0.25, -0.2) is 0 Å². The number of hydrogen-bond acceptors (Lipinski definition) is 1. The molecule has 5 aliphatic rings. The highest BCUT2D eigenvalue weighted by atomic mass is 15.1. The van der Waals surface area contributed by atoms with Gasteiger partial charge in [-0.3, -0.25) is 0 Å². The SMILES string of the molecule is c1ccc2c(c1)-c1ccc(N(c3ccc(-c4cc5ccccc5c5ccccc45)cc3)c3ccc4ccccc4c3)cc1C21C2CC3CC(C2)CC1C3. The molecule has 0 aliphatic heterocycles. The highest BCUT2D eigenvalue weighted by Crippen LogP contribution is 2.69. The van der Waals surface area contributed by atoms with Gasteiger partial charge < -0.3 is 4.90 Å². The summed E-state index contributed by atoms with van der Waals surface area (Å²) in [4.78, 5) is 2.52. The van der Waals surface area contributed by atoms with E-state index >= 15 is 0 Å². The fourth-order valence-corrected chi connectivity index (χ4v) is 12.1. The van der Waals surface area contributed by atoms with Crippen molar-refractivity contribution in [3.05, 3.63) is 175 Å². The molecule has 8 aromatic carbocycles. The fourth-order valence-electron chi connectivity index (χ4n) is 12.1. The predicted molar refractivity (Wildman–Crippen MR) is 222 cm³/mol. The lowest BCUT2D eigenvalue weighted by Crippen LogP contribution is -2.55. The van der Waals surface area contributed by atoms with Crippen molar-refractivity contribution in [2.75, 3.05) is 4.90 Å². The van der Waals surface area contributed by atoms with Gasteiger partial charge in [0.2, 0.25) is 0 Å². The molecule has 254 valence electrons. The van der Waals surface area contributed by atoms with E-state index in [1.165, 1.54) is 104 Å². The first-order valence-corrected chi connectivity index (χ1v) is 19.8. The molecule has 0 atom stereocenters. The fraction of sp³-hybridized carbons (Fsp3) is 0.192. The van der Waals surface area contributed by atoms with E-state index in [1.807, 2.05) is 0 Å². The van der Waals surface area contributed by atoms with Crippen molar-refractivity contribution in [1.82, 2.24) is 0 Å². The normalized spacial score (nSPS) is 23.5. The van der Waals surface area contributed by atoms with Crippen LogP contribution in [0.2, 0.25) is 0 Å². The van der Waals surface area contributed by atoms with Gasteiger partial charge in [0, 0.05) is 22.5 Å². The molecule has 5 aliphatic carbocycles. The van der Waals surface area contributed by atoms with Gasteiger partial charge in [0.15, 0.2) is 0 Å². The molecule has 4 bridgehead atoms. The maximum absolute atomic E-state index is 2.62. The van der Waals surface area contributed by atoms with E-state index < -0.39 is 0 Å². The predicted octanol–water partition coefficient (Wildman–Crippen LogP) is 14.0. The minimum atomic E-state index is 0.130. The first-order chi connectivity index (χ1) is 26.2. The molecular formula is C52H41N. The summed E-state index contributed by atoms with van der Waals surface area (Å²) >= 11 is 0. The van der Waals surface area contributed by atoms with Gasteiger partial charge in [-0.1, -0.05) is 121 Å². The molecular weight excluding hydrogens is 639 g/mol. The number of nitrogens with zero attached hydrogens (tertiary/aromatic N) is 1. The van der Waals surface area contributed by atoms with E-state index in [0.717, 1.165) is 23.7 Å². The van der Waals surface area contributed by atoms with Crippen molar-refractivity contribution in [1.29, 1.82) is 0 Å². The molecule has 53 heavy (non-hydrogen) atoms. The van der Waals surface area contributed by atoms with Crippen LogP contribution in [-0.2, 0) is 5.41 Å². The lowest BCUT2D eigenvalue weighted by atomic mass is 9.43. The Balaban J connectivity index is 1.04. The van der Waals surface area contributed by atoms with Crippen LogP contribution in [0.25, 0.3) is 54.6 Å². The third kappa shape index (κ3) is 4.25. The monoisotopic (exact) mass is 679 g/mol. The molecule has 1 heteroatoms. The van der Waals surface area contributed by atoms with E-state index in [-0.39, 0.29) is 5.41 Å². The van der Waals surface area contributed by atoms with E-state index in [9.17, 15) is 0 Å². The van der Waals surface area contributed by atoms with Gasteiger partial charge in [-0.15, -0.1) is 0 Å². The summed E-state index contributed by atoms with van der Waals surface area (Å²) in [5, 5.41) is 7.72. The summed E-state index contributed by atoms with van der Waals surface area (Å²) < 4.78 is 0. The molecule has 0 unspecified atom stereocenters. The molecule has 0 saturated heterocycles. The zero-order valence-electron chi connectivity index (χ0n) is 29.9. The van der Waals surface area contributed by atoms with Crippen LogP contribution < -0.4 is 4.90 Å². The van der Waals surface area contributed by atoms with E-state index in [1.54, 1.807) is 11.1 Å². The summed E-state index contributed by atoms with van der Waals surface area (Å²) in [7, 11) is 0. The quantitative estimate of drug-likeness (QED) is 0.167. The molecule has 1 nitrogen and oxygen atoms in total. The Kier molecular flexibility index (Phi) is 6.30. The highest BCUT2D eigenvalue weighted by molar-refractivity contribution is 6.13. The van der Waals surface area contributed by atoms with Crippen LogP contribution in [-0.4, -0.2) is 0 Å². The molecule has 0 heterocycles. The molecule has 8 aromatic rings. The molecule has 1 spiro atoms. The van der Waals surface area contributed by atoms with Crippen LogP contribution in [0.15, 0.2) is 164 Å². The Morgan fingerprint density at radius 1 is 0.377 bits per heavy atom. The zero-order chi connectivity index (χ0) is 34.7. The Bertz CT molecular complexity index is 2730. The maximum Gasteiger partial charge on any atom is 0.0468 e. The van der Waals surface area contributed by atoms with Crippen molar-refractivity contribution in [3.8, 4) is 22.3 Å². The number of fused-ring (bicyclic) bond motifs is 7. The minimum Gasteiger partial charge on any atom is -0.310 e. The third-order valence-electron chi connectivity index (χ3n) is 14.0. The van der Waals surface area contributed by atoms with Gasteiger partial charge in [0.05, 0.1) is 0 Å². The van der Waals surface area contributed by atoms with Gasteiger partial charge >= 0.3 is 0 Å². The minimum absolute atomic E-state index is 0.130. The van der Waals surface area contributed by atoms with Gasteiger partial charge in [-0.05, 0) is 164 Å². The smallest absolute Gasteiger partial charge is 0.0468 e. The average Bonchev–Trinajstić information content (AvgIpc) is 3.50. The first kappa shape index (κ1) is 29.9. The maximum atomic E-state index is 2.62. The van der Waals surface area contributed by atoms with Crippen molar-refractivity contribution < 1.29 is 0 Å². The van der Waals surface area contributed by atoms with Crippen molar-refractivity contribution >= 4 is 49.4 Å². The van der Waals surface area contributed by atoms with E-state index in [0.29, 0.717) is 0 Å². The average molecular weight is 680 g/mol. The van der Waals surface area contributed by atoms with Gasteiger partial charge in [-0.2, -0.15) is 0 Å². The van der Waals surface area contributed by atoms with Gasteiger partial charge in [0.1, 0.15) is 0 Å². The van der Waals surface area contributed by atoms with Gasteiger partial charge in [0.25, 0.3) is 0 Å². The summed E-state index contributed by atoms with van der Waals surface area (Å²) in [6.07, 6.45) is 7.04. The molecule has 0 radical (unpaired) electrons. The third-order valence-corrected chi connectivity index (χ3v) is 14.0. The van der Waals surface area contributed by atoms with Crippen LogP contribution in [0.5, 0.6) is 0 Å². The topological polar surface area (TPSA) is 3.24 Å². The van der Waals surface area contributed by atoms with E-state index in [4.69, 9.17) is 0 Å². The zero-order valence-corrected chi connectivity index (χ0v) is 29.9. The van der Waals surface area contributed by atoms with E-state index in [2.05, 4.69) is 169 Å². The summed E-state index contributed by atoms with van der Waals surface area (Å²) in [6, 6.07) is 62.0. The Morgan fingerprint density at radius 3 is 1.75 bits per heavy atom. The molecule has 0 amide bonds. The second-order valence-electron chi connectivity index (χ2n) is 16.6. The first-order valence-electron chi connectivity index (χ1n) is 19.8. The Hall–Kier alpha value is -5.66. The Labute approximate surface area is 311 Å². The number of hydrogen-bond donors (Lipinski definition) is 0. The largest absolute Gasteiger partial charge is 0.310 e. The summed E-state index contributed by atoms with van der Waals surface area (Å²) in [6.45, 7) is 0. The molecule has 4 fully saturated rings. The summed E-state index contributed by atoms with van der Waals surface area (Å²) in [5.41, 5.74) is 12.4. The molecule has 13 rings (SSSR count). The molecule has 0 N–H and O–H groups in total. The second-order valence-corrected chi connectivity index (χ2v) is 16.6.